The van der Waals surface area contributed by atoms with Gasteiger partial charge < -0.3 is 24.3 Å². The number of para-hydroxylation sites is 1. The summed E-state index contributed by atoms with van der Waals surface area (Å²) >= 11 is 0. The maximum atomic E-state index is 12.1. The zero-order valence-electron chi connectivity index (χ0n) is 15.2. The molecule has 140 valence electrons. The zero-order valence-corrected chi connectivity index (χ0v) is 15.2. The summed E-state index contributed by atoms with van der Waals surface area (Å²) in [5.41, 5.74) is 0.512. The normalized spacial score (nSPS) is 10.2. The van der Waals surface area contributed by atoms with Gasteiger partial charge in [0.2, 0.25) is 0 Å². The minimum absolute atomic E-state index is 0.179. The molecule has 0 heterocycles. The van der Waals surface area contributed by atoms with E-state index in [9.17, 15) is 4.79 Å². The van der Waals surface area contributed by atoms with Crippen molar-refractivity contribution in [1.29, 1.82) is 0 Å². The van der Waals surface area contributed by atoms with Crippen LogP contribution in [0.4, 0.5) is 0 Å². The topological polar surface area (TPSA) is 66.0 Å². The molecule has 0 saturated carbocycles. The van der Waals surface area contributed by atoms with Crippen LogP contribution in [0, 0.1) is 0 Å². The van der Waals surface area contributed by atoms with Crippen molar-refractivity contribution in [3.63, 3.8) is 0 Å². The number of carbonyl (C=O) groups is 1. The lowest BCUT2D eigenvalue weighted by molar-refractivity contribution is 0.0936. The second-order valence-corrected chi connectivity index (χ2v) is 5.35. The molecule has 0 saturated heterocycles. The van der Waals surface area contributed by atoms with Crippen molar-refractivity contribution >= 4 is 5.91 Å². The highest BCUT2D eigenvalue weighted by molar-refractivity contribution is 5.94. The molecular formula is C20H25NO5. The first-order valence-corrected chi connectivity index (χ1v) is 8.59. The fourth-order valence-electron chi connectivity index (χ4n) is 2.23. The molecule has 0 aliphatic heterocycles. The highest BCUT2D eigenvalue weighted by Crippen LogP contribution is 2.28. The van der Waals surface area contributed by atoms with Gasteiger partial charge in [-0.05, 0) is 37.3 Å². The molecule has 0 atom stereocenters. The maximum absolute atomic E-state index is 12.1. The molecule has 0 aliphatic carbocycles. The highest BCUT2D eigenvalue weighted by Gasteiger charge is 2.11. The SMILES string of the molecule is CCOc1cc(C(=O)NCCOC)ccc1OCCOc1ccccc1. The van der Waals surface area contributed by atoms with Crippen molar-refractivity contribution in [3.8, 4) is 17.2 Å². The van der Waals surface area contributed by atoms with E-state index in [1.54, 1.807) is 25.3 Å². The van der Waals surface area contributed by atoms with E-state index in [2.05, 4.69) is 5.32 Å². The highest BCUT2D eigenvalue weighted by atomic mass is 16.5. The average molecular weight is 359 g/mol. The largest absolute Gasteiger partial charge is 0.490 e. The van der Waals surface area contributed by atoms with Gasteiger partial charge in [0.15, 0.2) is 11.5 Å². The summed E-state index contributed by atoms with van der Waals surface area (Å²) in [7, 11) is 1.59. The van der Waals surface area contributed by atoms with Gasteiger partial charge in [-0.15, -0.1) is 0 Å². The maximum Gasteiger partial charge on any atom is 0.251 e. The predicted octanol–water partition coefficient (Wildman–Crippen LogP) is 2.92. The van der Waals surface area contributed by atoms with Gasteiger partial charge in [-0.25, -0.2) is 0 Å². The van der Waals surface area contributed by atoms with Gasteiger partial charge in [-0.1, -0.05) is 18.2 Å². The summed E-state index contributed by atoms with van der Waals surface area (Å²) in [5.74, 6) is 1.73. The molecule has 0 spiro atoms. The molecule has 1 amide bonds. The summed E-state index contributed by atoms with van der Waals surface area (Å²) in [6.07, 6.45) is 0. The van der Waals surface area contributed by atoms with Gasteiger partial charge in [0.25, 0.3) is 5.91 Å². The molecule has 6 heteroatoms. The Morgan fingerprint density at radius 2 is 1.69 bits per heavy atom. The smallest absolute Gasteiger partial charge is 0.251 e. The van der Waals surface area contributed by atoms with Gasteiger partial charge in [0.1, 0.15) is 19.0 Å². The monoisotopic (exact) mass is 359 g/mol. The van der Waals surface area contributed by atoms with Gasteiger partial charge in [-0.3, -0.25) is 4.79 Å². The second kappa shape index (κ2) is 11.0. The predicted molar refractivity (Wildman–Crippen MR) is 99.3 cm³/mol. The molecular weight excluding hydrogens is 334 g/mol. The van der Waals surface area contributed by atoms with Crippen LogP contribution in [-0.2, 0) is 4.74 Å². The van der Waals surface area contributed by atoms with Crippen LogP contribution < -0.4 is 19.5 Å². The fraction of sp³-hybridized carbons (Fsp3) is 0.350. The van der Waals surface area contributed by atoms with E-state index in [0.29, 0.717) is 50.0 Å². The molecule has 0 aliphatic rings. The molecule has 1 N–H and O–H groups in total. The van der Waals surface area contributed by atoms with Gasteiger partial charge in [0, 0.05) is 19.2 Å². The van der Waals surface area contributed by atoms with E-state index in [-0.39, 0.29) is 5.91 Å². The van der Waals surface area contributed by atoms with Crippen LogP contribution in [-0.4, -0.2) is 46.0 Å². The molecule has 0 aromatic heterocycles. The zero-order chi connectivity index (χ0) is 18.6. The number of hydrogen-bond acceptors (Lipinski definition) is 5. The Hall–Kier alpha value is -2.73. The Morgan fingerprint density at radius 3 is 2.42 bits per heavy atom. The fourth-order valence-corrected chi connectivity index (χ4v) is 2.23. The Balaban J connectivity index is 1.91. The van der Waals surface area contributed by atoms with Crippen molar-refractivity contribution in [1.82, 2.24) is 5.32 Å². The summed E-state index contributed by atoms with van der Waals surface area (Å²) in [6, 6.07) is 14.7. The van der Waals surface area contributed by atoms with Crippen LogP contribution in [0.2, 0.25) is 0 Å². The minimum atomic E-state index is -0.179. The Morgan fingerprint density at radius 1 is 0.923 bits per heavy atom. The Labute approximate surface area is 154 Å². The third kappa shape index (κ3) is 6.29. The molecule has 6 nitrogen and oxygen atoms in total. The number of benzene rings is 2. The van der Waals surface area contributed by atoms with E-state index in [0.717, 1.165) is 5.75 Å². The third-order valence-corrected chi connectivity index (χ3v) is 3.45. The van der Waals surface area contributed by atoms with E-state index in [1.807, 2.05) is 37.3 Å². The molecule has 0 bridgehead atoms. The van der Waals surface area contributed by atoms with Crippen LogP contribution in [0.1, 0.15) is 17.3 Å². The molecule has 0 radical (unpaired) electrons. The number of methoxy groups -OCH3 is 1. The van der Waals surface area contributed by atoms with Crippen LogP contribution in [0.15, 0.2) is 48.5 Å². The standard InChI is InChI=1S/C20H25NO5/c1-3-24-19-15-16(20(22)21-11-12-23-2)9-10-18(19)26-14-13-25-17-7-5-4-6-8-17/h4-10,15H,3,11-14H2,1-2H3,(H,21,22). The number of hydrogen-bond donors (Lipinski definition) is 1. The first kappa shape index (κ1) is 19.6. The van der Waals surface area contributed by atoms with Crippen LogP contribution in [0.25, 0.3) is 0 Å². The summed E-state index contributed by atoms with van der Waals surface area (Å²) in [5, 5.41) is 2.78. The van der Waals surface area contributed by atoms with Crippen molar-refractivity contribution in [2.75, 3.05) is 40.1 Å². The lowest BCUT2D eigenvalue weighted by atomic mass is 10.2. The van der Waals surface area contributed by atoms with Crippen molar-refractivity contribution in [2.24, 2.45) is 0 Å². The van der Waals surface area contributed by atoms with Gasteiger partial charge >= 0.3 is 0 Å². The van der Waals surface area contributed by atoms with E-state index in [4.69, 9.17) is 18.9 Å². The number of rotatable bonds is 11. The van der Waals surface area contributed by atoms with Crippen LogP contribution in [0.3, 0.4) is 0 Å². The summed E-state index contributed by atoms with van der Waals surface area (Å²) in [6.45, 7) is 4.06. The molecule has 0 fully saturated rings. The number of ether oxygens (including phenoxy) is 4. The van der Waals surface area contributed by atoms with Crippen molar-refractivity contribution in [3.05, 3.63) is 54.1 Å². The molecule has 26 heavy (non-hydrogen) atoms. The van der Waals surface area contributed by atoms with Gasteiger partial charge in [-0.2, -0.15) is 0 Å². The number of amides is 1. The van der Waals surface area contributed by atoms with Gasteiger partial charge in [0.05, 0.1) is 13.2 Å². The van der Waals surface area contributed by atoms with E-state index >= 15 is 0 Å². The molecule has 0 unspecified atom stereocenters. The number of carbonyl (C=O) groups excluding carboxylic acids is 1. The lowest BCUT2D eigenvalue weighted by Crippen LogP contribution is -2.26. The Kier molecular flexibility index (Phi) is 8.29. The van der Waals surface area contributed by atoms with E-state index < -0.39 is 0 Å². The molecule has 2 aromatic rings. The first-order chi connectivity index (χ1) is 12.7. The molecule has 2 aromatic carbocycles. The summed E-state index contributed by atoms with van der Waals surface area (Å²) < 4.78 is 21.9. The van der Waals surface area contributed by atoms with Crippen molar-refractivity contribution < 1.29 is 23.7 Å². The lowest BCUT2D eigenvalue weighted by Gasteiger charge is -2.14. The second-order valence-electron chi connectivity index (χ2n) is 5.35. The first-order valence-electron chi connectivity index (χ1n) is 8.59. The average Bonchev–Trinajstić information content (AvgIpc) is 2.67. The number of nitrogens with one attached hydrogen (secondary N) is 1. The van der Waals surface area contributed by atoms with Crippen LogP contribution >= 0.6 is 0 Å². The molecule has 2 rings (SSSR count). The third-order valence-electron chi connectivity index (χ3n) is 3.45. The quantitative estimate of drug-likeness (QED) is 0.625. The van der Waals surface area contributed by atoms with Crippen LogP contribution in [0.5, 0.6) is 17.2 Å². The van der Waals surface area contributed by atoms with E-state index in [1.165, 1.54) is 0 Å². The van der Waals surface area contributed by atoms with Crippen molar-refractivity contribution in [2.45, 2.75) is 6.92 Å². The Bertz CT molecular complexity index is 675. The minimum Gasteiger partial charge on any atom is -0.490 e. The summed E-state index contributed by atoms with van der Waals surface area (Å²) in [4.78, 5) is 12.1.